The van der Waals surface area contributed by atoms with Crippen LogP contribution in [0.2, 0.25) is 5.02 Å². The van der Waals surface area contributed by atoms with E-state index in [9.17, 15) is 18.8 Å². The van der Waals surface area contributed by atoms with Crippen molar-refractivity contribution in [3.05, 3.63) is 28.5 Å². The molecule has 1 heterocycles. The van der Waals surface area contributed by atoms with Gasteiger partial charge in [-0.1, -0.05) is 11.6 Å². The topological polar surface area (TPSA) is 57.7 Å². The molecule has 0 aromatic heterocycles. The number of halogens is 2. The highest BCUT2D eigenvalue weighted by Crippen LogP contribution is 2.33. The second-order valence-electron chi connectivity index (χ2n) is 5.24. The highest BCUT2D eigenvalue weighted by Gasteiger charge is 2.39. The molecule has 0 saturated heterocycles. The van der Waals surface area contributed by atoms with Gasteiger partial charge in [0.05, 0.1) is 16.3 Å². The summed E-state index contributed by atoms with van der Waals surface area (Å²) >= 11 is 5.63. The SMILES string of the molecule is CN(C(=O)CN1C(=O)C(=O)c2cc(Cl)c(F)cc21)C1CC1. The van der Waals surface area contributed by atoms with Crippen LogP contribution in [0.3, 0.4) is 0 Å². The lowest BCUT2D eigenvalue weighted by Crippen LogP contribution is -2.41. The zero-order valence-corrected chi connectivity index (χ0v) is 12.0. The summed E-state index contributed by atoms with van der Waals surface area (Å²) in [6, 6.07) is 2.35. The van der Waals surface area contributed by atoms with Crippen molar-refractivity contribution in [1.29, 1.82) is 0 Å². The number of likely N-dealkylation sites (N-methyl/N-ethyl adjacent to an activating group) is 1. The molecule has 1 aliphatic carbocycles. The fourth-order valence-corrected chi connectivity index (χ4v) is 2.52. The molecule has 3 rings (SSSR count). The van der Waals surface area contributed by atoms with Crippen molar-refractivity contribution >= 4 is 34.9 Å². The molecule has 1 saturated carbocycles. The average Bonchev–Trinajstić information content (AvgIpc) is 3.26. The molecular weight excluding hydrogens is 299 g/mol. The van der Waals surface area contributed by atoms with Crippen LogP contribution < -0.4 is 4.90 Å². The van der Waals surface area contributed by atoms with Gasteiger partial charge in [-0.2, -0.15) is 0 Å². The number of anilines is 1. The zero-order valence-electron chi connectivity index (χ0n) is 11.2. The van der Waals surface area contributed by atoms with E-state index in [1.807, 2.05) is 0 Å². The summed E-state index contributed by atoms with van der Waals surface area (Å²) < 4.78 is 13.6. The van der Waals surface area contributed by atoms with Gasteiger partial charge >= 0.3 is 0 Å². The third-order valence-electron chi connectivity index (χ3n) is 3.79. The van der Waals surface area contributed by atoms with Crippen molar-refractivity contribution < 1.29 is 18.8 Å². The van der Waals surface area contributed by atoms with Crippen molar-refractivity contribution in [3.63, 3.8) is 0 Å². The van der Waals surface area contributed by atoms with Gasteiger partial charge in [0.1, 0.15) is 12.4 Å². The fraction of sp³-hybridized carbons (Fsp3) is 0.357. The van der Waals surface area contributed by atoms with Gasteiger partial charge in [0.15, 0.2) is 0 Å². The summed E-state index contributed by atoms with van der Waals surface area (Å²) in [4.78, 5) is 38.5. The molecule has 2 amide bonds. The summed E-state index contributed by atoms with van der Waals surface area (Å²) in [5, 5.41) is -0.224. The number of benzene rings is 1. The molecule has 7 heteroatoms. The van der Waals surface area contributed by atoms with E-state index in [0.29, 0.717) is 0 Å². The molecule has 110 valence electrons. The first-order valence-corrected chi connectivity index (χ1v) is 6.89. The van der Waals surface area contributed by atoms with Crippen LogP contribution in [0.15, 0.2) is 12.1 Å². The summed E-state index contributed by atoms with van der Waals surface area (Å²) in [5.41, 5.74) is 0.137. The Morgan fingerprint density at radius 3 is 2.71 bits per heavy atom. The number of ketones is 1. The molecule has 0 unspecified atom stereocenters. The van der Waals surface area contributed by atoms with Crippen molar-refractivity contribution in [2.24, 2.45) is 0 Å². The molecule has 0 radical (unpaired) electrons. The molecule has 2 aliphatic rings. The molecule has 1 aromatic rings. The maximum absolute atomic E-state index is 13.6. The van der Waals surface area contributed by atoms with Gasteiger partial charge < -0.3 is 4.90 Å². The van der Waals surface area contributed by atoms with E-state index in [4.69, 9.17) is 11.6 Å². The van der Waals surface area contributed by atoms with E-state index in [1.165, 1.54) is 0 Å². The van der Waals surface area contributed by atoms with Crippen LogP contribution in [-0.2, 0) is 9.59 Å². The Morgan fingerprint density at radius 2 is 2.10 bits per heavy atom. The van der Waals surface area contributed by atoms with Crippen LogP contribution in [0.25, 0.3) is 0 Å². The summed E-state index contributed by atoms with van der Waals surface area (Å²) in [6.45, 7) is -0.272. The number of carbonyl (C=O) groups is 3. The zero-order chi connectivity index (χ0) is 15.3. The Morgan fingerprint density at radius 1 is 1.43 bits per heavy atom. The number of rotatable bonds is 3. The second kappa shape index (κ2) is 4.80. The Kier molecular flexibility index (Phi) is 3.20. The molecule has 0 bridgehead atoms. The van der Waals surface area contributed by atoms with Crippen molar-refractivity contribution in [1.82, 2.24) is 4.90 Å². The highest BCUT2D eigenvalue weighted by atomic mass is 35.5. The minimum absolute atomic E-state index is 0.0354. The Labute approximate surface area is 125 Å². The van der Waals surface area contributed by atoms with Gasteiger partial charge in [0.2, 0.25) is 5.91 Å². The molecule has 1 fully saturated rings. The first-order valence-electron chi connectivity index (χ1n) is 6.51. The lowest BCUT2D eigenvalue weighted by atomic mass is 10.1. The Hall–Kier alpha value is -1.95. The maximum Gasteiger partial charge on any atom is 0.299 e. The van der Waals surface area contributed by atoms with Crippen molar-refractivity contribution in [2.45, 2.75) is 18.9 Å². The fourth-order valence-electron chi connectivity index (χ4n) is 2.36. The Bertz CT molecular complexity index is 672. The number of nitrogens with zero attached hydrogens (tertiary/aromatic N) is 2. The number of Topliss-reactive ketones (excluding diaryl/α,β-unsaturated/α-hetero) is 1. The van der Waals surface area contributed by atoms with Crippen LogP contribution >= 0.6 is 11.6 Å². The quantitative estimate of drug-likeness (QED) is 0.797. The van der Waals surface area contributed by atoms with Crippen LogP contribution in [-0.4, -0.2) is 42.1 Å². The number of hydrogen-bond acceptors (Lipinski definition) is 3. The predicted octanol–water partition coefficient (Wildman–Crippen LogP) is 1.63. The predicted molar refractivity (Wildman–Crippen MR) is 73.9 cm³/mol. The van der Waals surface area contributed by atoms with Crippen LogP contribution in [0.5, 0.6) is 0 Å². The van der Waals surface area contributed by atoms with E-state index in [2.05, 4.69) is 0 Å². The largest absolute Gasteiger partial charge is 0.341 e. The first kappa shape index (κ1) is 14.0. The lowest BCUT2D eigenvalue weighted by molar-refractivity contribution is -0.130. The van der Waals surface area contributed by atoms with Gasteiger partial charge in [0.25, 0.3) is 11.7 Å². The van der Waals surface area contributed by atoms with E-state index < -0.39 is 17.5 Å². The lowest BCUT2D eigenvalue weighted by Gasteiger charge is -2.21. The molecular formula is C14H12ClFN2O3. The second-order valence-corrected chi connectivity index (χ2v) is 5.65. The molecule has 1 aliphatic heterocycles. The van der Waals surface area contributed by atoms with E-state index >= 15 is 0 Å². The molecule has 5 nitrogen and oxygen atoms in total. The first-order chi connectivity index (χ1) is 9.90. The summed E-state index contributed by atoms with van der Waals surface area (Å²) in [5.74, 6) is -2.61. The average molecular weight is 311 g/mol. The van der Waals surface area contributed by atoms with Gasteiger partial charge in [-0.15, -0.1) is 0 Å². The van der Waals surface area contributed by atoms with E-state index in [-0.39, 0.29) is 34.8 Å². The minimum Gasteiger partial charge on any atom is -0.341 e. The standard InChI is InChI=1S/C14H12ClFN2O3/c1-17(7-2-3-7)12(19)6-18-11-5-10(16)9(15)4-8(11)13(20)14(18)21/h4-5,7H,2-3,6H2,1H3. The third-order valence-corrected chi connectivity index (χ3v) is 4.08. The molecule has 1 aromatic carbocycles. The highest BCUT2D eigenvalue weighted by molar-refractivity contribution is 6.53. The molecule has 0 spiro atoms. The summed E-state index contributed by atoms with van der Waals surface area (Å²) in [7, 11) is 1.66. The molecule has 21 heavy (non-hydrogen) atoms. The maximum atomic E-state index is 13.6. The Balaban J connectivity index is 1.90. The van der Waals surface area contributed by atoms with E-state index in [0.717, 1.165) is 29.9 Å². The van der Waals surface area contributed by atoms with Crippen molar-refractivity contribution in [2.75, 3.05) is 18.5 Å². The van der Waals surface area contributed by atoms with Crippen LogP contribution in [0, 0.1) is 5.82 Å². The van der Waals surface area contributed by atoms with Gasteiger partial charge in [-0.25, -0.2) is 4.39 Å². The molecule has 0 atom stereocenters. The van der Waals surface area contributed by atoms with E-state index in [1.54, 1.807) is 11.9 Å². The van der Waals surface area contributed by atoms with Gasteiger partial charge in [0, 0.05) is 13.1 Å². The molecule has 0 N–H and O–H groups in total. The third kappa shape index (κ3) is 2.29. The van der Waals surface area contributed by atoms with Gasteiger partial charge in [-0.05, 0) is 25.0 Å². The normalized spacial score (nSPS) is 17.2. The smallest absolute Gasteiger partial charge is 0.299 e. The number of carbonyl (C=O) groups excluding carboxylic acids is 3. The number of hydrogen-bond donors (Lipinski definition) is 0. The minimum atomic E-state index is -0.829. The monoisotopic (exact) mass is 310 g/mol. The number of amides is 2. The van der Waals surface area contributed by atoms with Crippen molar-refractivity contribution in [3.8, 4) is 0 Å². The van der Waals surface area contributed by atoms with Crippen LogP contribution in [0.1, 0.15) is 23.2 Å². The summed E-state index contributed by atoms with van der Waals surface area (Å²) in [6.07, 6.45) is 1.88. The van der Waals surface area contributed by atoms with Crippen LogP contribution in [0.4, 0.5) is 10.1 Å². The van der Waals surface area contributed by atoms with Gasteiger partial charge in [-0.3, -0.25) is 19.3 Å². The number of fused-ring (bicyclic) bond motifs is 1.